The highest BCUT2D eigenvalue weighted by atomic mass is 16.1. The molecule has 0 spiro atoms. The number of rotatable bonds is 5. The Morgan fingerprint density at radius 1 is 1.50 bits per heavy atom. The first-order valence-corrected chi connectivity index (χ1v) is 7.14. The second-order valence-electron chi connectivity index (χ2n) is 5.79. The van der Waals surface area contributed by atoms with Crippen LogP contribution in [0.2, 0.25) is 0 Å². The van der Waals surface area contributed by atoms with Crippen LogP contribution in [-0.2, 0) is 0 Å². The van der Waals surface area contributed by atoms with E-state index in [2.05, 4.69) is 24.1 Å². The van der Waals surface area contributed by atoms with Crippen LogP contribution in [0, 0.1) is 5.92 Å². The summed E-state index contributed by atoms with van der Waals surface area (Å²) in [7, 11) is 0. The summed E-state index contributed by atoms with van der Waals surface area (Å²) in [5.74, 6) is 0.158. The van der Waals surface area contributed by atoms with E-state index in [-0.39, 0.29) is 0 Å². The summed E-state index contributed by atoms with van der Waals surface area (Å²) in [6.07, 6.45) is 1.19. The molecule has 1 saturated heterocycles. The van der Waals surface area contributed by atoms with E-state index in [9.17, 15) is 4.79 Å². The summed E-state index contributed by atoms with van der Waals surface area (Å²) in [6, 6.07) is 5.83. The van der Waals surface area contributed by atoms with Gasteiger partial charge in [-0.3, -0.25) is 4.79 Å². The smallest absolute Gasteiger partial charge is 0.250 e. The van der Waals surface area contributed by atoms with Crippen LogP contribution in [0.3, 0.4) is 0 Å². The molecule has 2 rings (SSSR count). The van der Waals surface area contributed by atoms with E-state index in [4.69, 9.17) is 11.5 Å². The molecule has 1 aromatic carbocycles. The number of hydrogen-bond acceptors (Lipinski definition) is 4. The molecule has 0 saturated carbocycles. The Balaban J connectivity index is 1.96. The highest BCUT2D eigenvalue weighted by Crippen LogP contribution is 2.22. The third-order valence-electron chi connectivity index (χ3n) is 3.94. The predicted octanol–water partition coefficient (Wildman–Crippen LogP) is 1.51. The van der Waals surface area contributed by atoms with Crippen molar-refractivity contribution in [2.75, 3.05) is 30.7 Å². The minimum Gasteiger partial charge on any atom is -0.399 e. The summed E-state index contributed by atoms with van der Waals surface area (Å²) in [5, 5.41) is 3.34. The number of carbonyl (C=O) groups is 1. The number of benzene rings is 1. The average molecular weight is 276 g/mol. The number of anilines is 2. The standard InChI is InChI=1S/C15H24N4O/c1-10(2)19-6-5-11(9-19)8-18-14-4-3-12(16)7-13(14)15(17)20/h3-4,7,10-11,18H,5-6,8-9,16H2,1-2H3,(H2,17,20). The molecule has 0 aromatic heterocycles. The van der Waals surface area contributed by atoms with Gasteiger partial charge in [0.2, 0.25) is 0 Å². The van der Waals surface area contributed by atoms with Gasteiger partial charge in [-0.15, -0.1) is 0 Å². The number of amides is 1. The van der Waals surface area contributed by atoms with Crippen LogP contribution in [0.4, 0.5) is 11.4 Å². The maximum Gasteiger partial charge on any atom is 0.250 e. The molecule has 20 heavy (non-hydrogen) atoms. The van der Waals surface area contributed by atoms with E-state index in [0.29, 0.717) is 23.2 Å². The largest absolute Gasteiger partial charge is 0.399 e. The van der Waals surface area contributed by atoms with Crippen molar-refractivity contribution in [1.82, 2.24) is 4.90 Å². The van der Waals surface area contributed by atoms with Gasteiger partial charge >= 0.3 is 0 Å². The second-order valence-corrected chi connectivity index (χ2v) is 5.79. The number of hydrogen-bond donors (Lipinski definition) is 3. The molecule has 0 bridgehead atoms. The number of nitrogens with two attached hydrogens (primary N) is 2. The zero-order valence-corrected chi connectivity index (χ0v) is 12.2. The van der Waals surface area contributed by atoms with Crippen molar-refractivity contribution in [3.05, 3.63) is 23.8 Å². The summed E-state index contributed by atoms with van der Waals surface area (Å²) < 4.78 is 0. The minimum absolute atomic E-state index is 0.449. The summed E-state index contributed by atoms with van der Waals surface area (Å²) in [4.78, 5) is 13.9. The van der Waals surface area contributed by atoms with Gasteiger partial charge in [-0.05, 0) is 50.9 Å². The summed E-state index contributed by atoms with van der Waals surface area (Å²) in [5.41, 5.74) is 12.9. The highest BCUT2D eigenvalue weighted by Gasteiger charge is 2.24. The molecule has 1 heterocycles. The first kappa shape index (κ1) is 14.7. The quantitative estimate of drug-likeness (QED) is 0.712. The summed E-state index contributed by atoms with van der Waals surface area (Å²) >= 11 is 0. The lowest BCUT2D eigenvalue weighted by Gasteiger charge is -2.20. The van der Waals surface area contributed by atoms with Crippen molar-refractivity contribution in [2.24, 2.45) is 11.7 Å². The number of nitrogen functional groups attached to an aromatic ring is 1. The molecule has 5 nitrogen and oxygen atoms in total. The average Bonchev–Trinajstić information content (AvgIpc) is 2.86. The molecule has 5 N–H and O–H groups in total. The Morgan fingerprint density at radius 2 is 2.25 bits per heavy atom. The molecular formula is C15H24N4O. The van der Waals surface area contributed by atoms with E-state index >= 15 is 0 Å². The first-order valence-electron chi connectivity index (χ1n) is 7.14. The number of likely N-dealkylation sites (tertiary alicyclic amines) is 1. The minimum atomic E-state index is -0.449. The van der Waals surface area contributed by atoms with Crippen molar-refractivity contribution in [2.45, 2.75) is 26.3 Å². The molecule has 110 valence electrons. The molecule has 5 heteroatoms. The van der Waals surface area contributed by atoms with Crippen LogP contribution < -0.4 is 16.8 Å². The molecule has 0 aliphatic carbocycles. The van der Waals surface area contributed by atoms with Crippen LogP contribution in [-0.4, -0.2) is 36.5 Å². The molecule has 1 amide bonds. The van der Waals surface area contributed by atoms with E-state index in [0.717, 1.165) is 25.3 Å². The predicted molar refractivity (Wildman–Crippen MR) is 82.7 cm³/mol. The lowest BCUT2D eigenvalue weighted by molar-refractivity contribution is 0.100. The van der Waals surface area contributed by atoms with Gasteiger partial charge in [-0.2, -0.15) is 0 Å². The van der Waals surface area contributed by atoms with E-state index in [1.54, 1.807) is 12.1 Å². The van der Waals surface area contributed by atoms with E-state index in [1.807, 2.05) is 6.07 Å². The monoisotopic (exact) mass is 276 g/mol. The third-order valence-corrected chi connectivity index (χ3v) is 3.94. The fourth-order valence-electron chi connectivity index (χ4n) is 2.67. The number of primary amides is 1. The van der Waals surface area contributed by atoms with Gasteiger partial charge < -0.3 is 21.7 Å². The number of nitrogens with one attached hydrogen (secondary N) is 1. The van der Waals surface area contributed by atoms with Crippen molar-refractivity contribution in [1.29, 1.82) is 0 Å². The molecule has 1 fully saturated rings. The van der Waals surface area contributed by atoms with Gasteiger partial charge in [0.1, 0.15) is 0 Å². The van der Waals surface area contributed by atoms with Crippen LogP contribution in [0.5, 0.6) is 0 Å². The third kappa shape index (κ3) is 3.42. The molecule has 1 unspecified atom stereocenters. The normalized spacial score (nSPS) is 19.4. The maximum absolute atomic E-state index is 11.4. The summed E-state index contributed by atoms with van der Waals surface area (Å²) in [6.45, 7) is 7.55. The molecule has 1 aromatic rings. The number of nitrogens with zero attached hydrogens (tertiary/aromatic N) is 1. The van der Waals surface area contributed by atoms with Gasteiger partial charge in [0.05, 0.1) is 5.56 Å². The maximum atomic E-state index is 11.4. The van der Waals surface area contributed by atoms with Gasteiger partial charge in [0.15, 0.2) is 0 Å². The van der Waals surface area contributed by atoms with Gasteiger partial charge in [-0.1, -0.05) is 0 Å². The van der Waals surface area contributed by atoms with Crippen LogP contribution >= 0.6 is 0 Å². The molecule has 1 aliphatic heterocycles. The molecule has 1 atom stereocenters. The lowest BCUT2D eigenvalue weighted by Crippen LogP contribution is -2.29. The molecule has 0 radical (unpaired) electrons. The van der Waals surface area contributed by atoms with Crippen molar-refractivity contribution in [3.8, 4) is 0 Å². The van der Waals surface area contributed by atoms with Crippen LogP contribution in [0.15, 0.2) is 18.2 Å². The topological polar surface area (TPSA) is 84.4 Å². The Bertz CT molecular complexity index is 487. The van der Waals surface area contributed by atoms with Gasteiger partial charge in [0.25, 0.3) is 5.91 Å². The molecule has 1 aliphatic rings. The number of carbonyl (C=O) groups excluding carboxylic acids is 1. The Hall–Kier alpha value is -1.75. The van der Waals surface area contributed by atoms with Crippen molar-refractivity contribution < 1.29 is 4.79 Å². The van der Waals surface area contributed by atoms with Crippen molar-refractivity contribution in [3.63, 3.8) is 0 Å². The Labute approximate surface area is 120 Å². The fourth-order valence-corrected chi connectivity index (χ4v) is 2.67. The zero-order chi connectivity index (χ0) is 14.7. The van der Waals surface area contributed by atoms with Crippen LogP contribution in [0.1, 0.15) is 30.6 Å². The van der Waals surface area contributed by atoms with Crippen molar-refractivity contribution >= 4 is 17.3 Å². The van der Waals surface area contributed by atoms with Gasteiger partial charge in [0, 0.05) is 30.5 Å². The second kappa shape index (κ2) is 6.13. The van der Waals surface area contributed by atoms with Crippen LogP contribution in [0.25, 0.3) is 0 Å². The Morgan fingerprint density at radius 3 is 2.85 bits per heavy atom. The SMILES string of the molecule is CC(C)N1CCC(CNc2ccc(N)cc2C(N)=O)C1. The zero-order valence-electron chi connectivity index (χ0n) is 12.2. The fraction of sp³-hybridized carbons (Fsp3) is 0.533. The Kier molecular flexibility index (Phi) is 4.49. The van der Waals surface area contributed by atoms with E-state index in [1.165, 1.54) is 6.42 Å². The van der Waals surface area contributed by atoms with Gasteiger partial charge in [-0.25, -0.2) is 0 Å². The lowest BCUT2D eigenvalue weighted by atomic mass is 10.1. The highest BCUT2D eigenvalue weighted by molar-refractivity contribution is 5.99. The first-order chi connectivity index (χ1) is 9.47. The van der Waals surface area contributed by atoms with E-state index < -0.39 is 5.91 Å². The molecular weight excluding hydrogens is 252 g/mol.